The molecule has 1 rings (SSSR count). The average molecular weight is 184 g/mol. The van der Waals surface area contributed by atoms with E-state index in [4.69, 9.17) is 5.73 Å². The monoisotopic (exact) mass is 184 g/mol. The van der Waals surface area contributed by atoms with Crippen LogP contribution >= 0.6 is 0 Å². The average Bonchev–Trinajstić information content (AvgIpc) is 2.47. The Balaban J connectivity index is 2.86. The number of hydrogen-bond acceptors (Lipinski definition) is 4. The molecule has 74 valence electrons. The number of aromatic nitrogens is 3. The maximum Gasteiger partial charge on any atom is 0.161 e. The maximum absolute atomic E-state index is 9.64. The van der Waals surface area contributed by atoms with Crippen molar-refractivity contribution in [2.45, 2.75) is 32.9 Å². The van der Waals surface area contributed by atoms with Crippen molar-refractivity contribution in [3.63, 3.8) is 0 Å². The molecule has 1 aromatic rings. The van der Waals surface area contributed by atoms with Crippen molar-refractivity contribution in [3.05, 3.63) is 11.6 Å². The lowest BCUT2D eigenvalue weighted by Gasteiger charge is -2.10. The van der Waals surface area contributed by atoms with Crippen LogP contribution in [0.2, 0.25) is 0 Å². The third-order valence-electron chi connectivity index (χ3n) is 2.02. The first-order valence-corrected chi connectivity index (χ1v) is 4.48. The molecular weight excluding hydrogens is 168 g/mol. The zero-order chi connectivity index (χ0) is 9.84. The quantitative estimate of drug-likeness (QED) is 0.690. The molecule has 0 fully saturated rings. The summed E-state index contributed by atoms with van der Waals surface area (Å²) in [6.07, 6.45) is -0.0656. The predicted octanol–water partition coefficient (Wildman–Crippen LogP) is -0.0114. The molecule has 3 N–H and O–H groups in total. The fourth-order valence-corrected chi connectivity index (χ4v) is 1.32. The number of nitrogens with zero attached hydrogens (tertiary/aromatic N) is 3. The second-order valence-corrected chi connectivity index (χ2v) is 2.94. The van der Waals surface area contributed by atoms with Gasteiger partial charge < -0.3 is 15.4 Å². The standard InChI is InChI=1S/C8H16N4O/c1-3-12-6(2)10-11-8(12)7(13)4-5-9/h7,13H,3-5,9H2,1-2H3. The van der Waals surface area contributed by atoms with E-state index in [2.05, 4.69) is 10.2 Å². The molecule has 5 nitrogen and oxygen atoms in total. The van der Waals surface area contributed by atoms with Crippen LogP contribution in [0.5, 0.6) is 0 Å². The van der Waals surface area contributed by atoms with Crippen molar-refractivity contribution >= 4 is 0 Å². The molecule has 0 saturated heterocycles. The van der Waals surface area contributed by atoms with Crippen LogP contribution in [0.25, 0.3) is 0 Å². The fourth-order valence-electron chi connectivity index (χ4n) is 1.32. The molecular formula is C8H16N4O. The molecule has 0 amide bonds. The number of aliphatic hydroxyl groups excluding tert-OH is 1. The van der Waals surface area contributed by atoms with E-state index in [-0.39, 0.29) is 0 Å². The molecule has 0 aliphatic rings. The maximum atomic E-state index is 9.64. The smallest absolute Gasteiger partial charge is 0.161 e. The third kappa shape index (κ3) is 2.05. The molecule has 0 bridgehead atoms. The van der Waals surface area contributed by atoms with E-state index in [1.54, 1.807) is 0 Å². The van der Waals surface area contributed by atoms with Gasteiger partial charge >= 0.3 is 0 Å². The number of hydrogen-bond donors (Lipinski definition) is 2. The van der Waals surface area contributed by atoms with E-state index >= 15 is 0 Å². The van der Waals surface area contributed by atoms with E-state index in [1.807, 2.05) is 18.4 Å². The van der Waals surface area contributed by atoms with Crippen LogP contribution in [0.4, 0.5) is 0 Å². The molecule has 0 aromatic carbocycles. The first-order valence-electron chi connectivity index (χ1n) is 4.48. The molecule has 0 aliphatic carbocycles. The summed E-state index contributed by atoms with van der Waals surface area (Å²) in [4.78, 5) is 0. The highest BCUT2D eigenvalue weighted by Gasteiger charge is 2.15. The lowest BCUT2D eigenvalue weighted by atomic mass is 10.2. The Morgan fingerprint density at radius 1 is 1.54 bits per heavy atom. The Bertz CT molecular complexity index is 271. The molecule has 0 aliphatic heterocycles. The van der Waals surface area contributed by atoms with Gasteiger partial charge in [0.05, 0.1) is 0 Å². The van der Waals surface area contributed by atoms with E-state index in [0.717, 1.165) is 12.4 Å². The minimum absolute atomic E-state index is 0.455. The molecule has 13 heavy (non-hydrogen) atoms. The molecule has 0 radical (unpaired) electrons. The summed E-state index contributed by atoms with van der Waals surface area (Å²) < 4.78 is 1.89. The fraction of sp³-hybridized carbons (Fsp3) is 0.750. The van der Waals surface area contributed by atoms with Crippen LogP contribution in [-0.4, -0.2) is 26.4 Å². The minimum Gasteiger partial charge on any atom is -0.385 e. The van der Waals surface area contributed by atoms with Gasteiger partial charge in [-0.25, -0.2) is 0 Å². The van der Waals surface area contributed by atoms with Gasteiger partial charge in [0.1, 0.15) is 11.9 Å². The van der Waals surface area contributed by atoms with Crippen molar-refractivity contribution in [1.29, 1.82) is 0 Å². The van der Waals surface area contributed by atoms with E-state index in [0.29, 0.717) is 18.8 Å². The van der Waals surface area contributed by atoms with Crippen LogP contribution in [-0.2, 0) is 6.54 Å². The van der Waals surface area contributed by atoms with Gasteiger partial charge in [-0.3, -0.25) is 0 Å². The number of aryl methyl sites for hydroxylation is 1. The first kappa shape index (κ1) is 10.1. The first-order chi connectivity index (χ1) is 6.20. The Morgan fingerprint density at radius 2 is 2.23 bits per heavy atom. The van der Waals surface area contributed by atoms with Crippen molar-refractivity contribution in [3.8, 4) is 0 Å². The second-order valence-electron chi connectivity index (χ2n) is 2.94. The summed E-state index contributed by atoms with van der Waals surface area (Å²) >= 11 is 0. The molecule has 1 aromatic heterocycles. The molecule has 1 heterocycles. The van der Waals surface area contributed by atoms with Crippen LogP contribution < -0.4 is 5.73 Å². The van der Waals surface area contributed by atoms with Crippen LogP contribution in [0.3, 0.4) is 0 Å². The van der Waals surface area contributed by atoms with Gasteiger partial charge in [-0.2, -0.15) is 0 Å². The Labute approximate surface area is 77.6 Å². The highest BCUT2D eigenvalue weighted by atomic mass is 16.3. The summed E-state index contributed by atoms with van der Waals surface area (Å²) in [5, 5.41) is 17.5. The Kier molecular flexibility index (Phi) is 3.39. The molecule has 1 atom stereocenters. The van der Waals surface area contributed by atoms with Gasteiger partial charge in [-0.05, 0) is 26.8 Å². The van der Waals surface area contributed by atoms with Gasteiger partial charge in [0, 0.05) is 6.54 Å². The van der Waals surface area contributed by atoms with Gasteiger partial charge in [0.25, 0.3) is 0 Å². The second kappa shape index (κ2) is 4.34. The van der Waals surface area contributed by atoms with Crippen molar-refractivity contribution in [2.75, 3.05) is 6.54 Å². The molecule has 0 spiro atoms. The number of aliphatic hydroxyl groups is 1. The zero-order valence-corrected chi connectivity index (χ0v) is 8.06. The van der Waals surface area contributed by atoms with Gasteiger partial charge in [0.15, 0.2) is 5.82 Å². The summed E-state index contributed by atoms with van der Waals surface area (Å²) in [5.74, 6) is 1.44. The van der Waals surface area contributed by atoms with Gasteiger partial charge in [-0.15, -0.1) is 10.2 Å². The molecule has 0 saturated carbocycles. The highest BCUT2D eigenvalue weighted by Crippen LogP contribution is 2.14. The lowest BCUT2D eigenvalue weighted by molar-refractivity contribution is 0.155. The van der Waals surface area contributed by atoms with Crippen LogP contribution in [0.1, 0.15) is 31.1 Å². The summed E-state index contributed by atoms with van der Waals surface area (Å²) in [6, 6.07) is 0. The Morgan fingerprint density at radius 3 is 2.77 bits per heavy atom. The lowest BCUT2D eigenvalue weighted by Crippen LogP contribution is -2.12. The van der Waals surface area contributed by atoms with Crippen molar-refractivity contribution < 1.29 is 5.11 Å². The highest BCUT2D eigenvalue weighted by molar-refractivity contribution is 4.97. The van der Waals surface area contributed by atoms with Crippen LogP contribution in [0.15, 0.2) is 0 Å². The van der Waals surface area contributed by atoms with E-state index in [1.165, 1.54) is 0 Å². The normalized spacial score (nSPS) is 13.2. The summed E-state index contributed by atoms with van der Waals surface area (Å²) in [6.45, 7) is 5.09. The third-order valence-corrected chi connectivity index (χ3v) is 2.02. The largest absolute Gasteiger partial charge is 0.385 e. The molecule has 5 heteroatoms. The molecule has 1 unspecified atom stereocenters. The SMILES string of the molecule is CCn1c(C)nnc1C(O)CCN. The predicted molar refractivity (Wildman–Crippen MR) is 49.1 cm³/mol. The Hall–Kier alpha value is -0.940. The zero-order valence-electron chi connectivity index (χ0n) is 8.06. The topological polar surface area (TPSA) is 77.0 Å². The van der Waals surface area contributed by atoms with E-state index in [9.17, 15) is 5.11 Å². The van der Waals surface area contributed by atoms with Crippen molar-refractivity contribution in [1.82, 2.24) is 14.8 Å². The van der Waals surface area contributed by atoms with Crippen LogP contribution in [0, 0.1) is 6.92 Å². The number of rotatable bonds is 4. The van der Waals surface area contributed by atoms with E-state index < -0.39 is 6.10 Å². The summed E-state index contributed by atoms with van der Waals surface area (Å²) in [7, 11) is 0. The van der Waals surface area contributed by atoms with Gasteiger partial charge in [-0.1, -0.05) is 0 Å². The number of nitrogens with two attached hydrogens (primary N) is 1. The van der Waals surface area contributed by atoms with Gasteiger partial charge in [0.2, 0.25) is 0 Å². The minimum atomic E-state index is -0.592. The summed E-state index contributed by atoms with van der Waals surface area (Å²) in [5.41, 5.74) is 5.35. The van der Waals surface area contributed by atoms with Crippen molar-refractivity contribution in [2.24, 2.45) is 5.73 Å².